The van der Waals surface area contributed by atoms with Gasteiger partial charge in [0, 0.05) is 12.4 Å². The lowest BCUT2D eigenvalue weighted by molar-refractivity contribution is 0.478. The van der Waals surface area contributed by atoms with Gasteiger partial charge in [0.1, 0.15) is 0 Å². The molecule has 1 nitrogen and oxygen atoms in total. The molecule has 0 saturated heterocycles. The first-order valence-electron chi connectivity index (χ1n) is 4.18. The van der Waals surface area contributed by atoms with Crippen LogP contribution in [-0.2, 0) is 16.3 Å². The van der Waals surface area contributed by atoms with Crippen LogP contribution in [0, 0.1) is 0 Å². The van der Waals surface area contributed by atoms with Crippen molar-refractivity contribution in [3.8, 4) is 0 Å². The first-order chi connectivity index (χ1) is 5.64. The fraction of sp³-hybridized carbons (Fsp3) is 1.00. The van der Waals surface area contributed by atoms with E-state index in [0.717, 1.165) is 0 Å². The van der Waals surface area contributed by atoms with Crippen LogP contribution in [0.15, 0.2) is 0 Å². The minimum Gasteiger partial charge on any atom is -0.334 e. The highest BCUT2D eigenvalue weighted by atomic mass is 35.7. The summed E-state index contributed by atoms with van der Waals surface area (Å²) in [6.07, 6.45) is 6.55. The Labute approximate surface area is 88.2 Å². The third-order valence-electron chi connectivity index (χ3n) is 2.05. The number of halogens is 1. The molecule has 0 heterocycles. The molecule has 0 spiro atoms. The van der Waals surface area contributed by atoms with Gasteiger partial charge < -0.3 is 4.52 Å². The third kappa shape index (κ3) is 3.97. The molecule has 0 aromatic carbocycles. The second kappa shape index (κ2) is 5.21. The van der Waals surface area contributed by atoms with E-state index >= 15 is 0 Å². The highest BCUT2D eigenvalue weighted by Crippen LogP contribution is 2.66. The minimum atomic E-state index is -2.02. The van der Waals surface area contributed by atoms with E-state index in [9.17, 15) is 0 Å². The van der Waals surface area contributed by atoms with E-state index in [1.165, 1.54) is 32.1 Å². The molecule has 0 bridgehead atoms. The average Bonchev–Trinajstić information content (AvgIpc) is 2.06. The Hall–Kier alpha value is 1.25. The van der Waals surface area contributed by atoms with E-state index in [2.05, 4.69) is 0 Å². The molecule has 1 unspecified atom stereocenters. The zero-order valence-corrected chi connectivity index (χ0v) is 10.4. The van der Waals surface area contributed by atoms with Crippen LogP contribution >= 0.6 is 27.4 Å². The molecule has 0 radical (unpaired) electrons. The zero-order chi connectivity index (χ0) is 9.03. The summed E-state index contributed by atoms with van der Waals surface area (Å²) in [5, 5.41) is 0.655. The van der Waals surface area contributed by atoms with Crippen molar-refractivity contribution in [2.75, 3.05) is 7.11 Å². The second-order valence-electron chi connectivity index (χ2n) is 2.98. The molecule has 1 aliphatic carbocycles. The molecule has 0 aromatic rings. The van der Waals surface area contributed by atoms with Crippen LogP contribution in [0.25, 0.3) is 0 Å². The maximum atomic E-state index is 6.02. The van der Waals surface area contributed by atoms with Gasteiger partial charge in [0.2, 0.25) is 4.82 Å². The van der Waals surface area contributed by atoms with Crippen LogP contribution < -0.4 is 0 Å². The van der Waals surface area contributed by atoms with Crippen molar-refractivity contribution in [3.63, 3.8) is 0 Å². The largest absolute Gasteiger partial charge is 0.334 e. The van der Waals surface area contributed by atoms with Crippen molar-refractivity contribution in [3.05, 3.63) is 0 Å². The van der Waals surface area contributed by atoms with E-state index in [1.54, 1.807) is 18.5 Å². The van der Waals surface area contributed by atoms with Crippen molar-refractivity contribution in [1.29, 1.82) is 0 Å². The average molecular weight is 245 g/mol. The number of rotatable bonds is 3. The summed E-state index contributed by atoms with van der Waals surface area (Å²) >= 11 is 12.9. The van der Waals surface area contributed by atoms with Crippen molar-refractivity contribution < 1.29 is 4.52 Å². The Kier molecular flexibility index (Phi) is 4.92. The Bertz CT molecular complexity index is 182. The third-order valence-corrected chi connectivity index (χ3v) is 7.95. The Balaban J connectivity index is 2.34. The van der Waals surface area contributed by atoms with E-state index in [-0.39, 0.29) is 0 Å². The van der Waals surface area contributed by atoms with Gasteiger partial charge in [-0.25, -0.2) is 0 Å². The normalized spacial score (nSPS) is 25.2. The lowest BCUT2D eigenvalue weighted by Gasteiger charge is -2.23. The quantitative estimate of drug-likeness (QED) is 0.690. The highest BCUT2D eigenvalue weighted by Gasteiger charge is 2.22. The Morgan fingerprint density at radius 3 is 2.50 bits per heavy atom. The molecule has 0 amide bonds. The van der Waals surface area contributed by atoms with Gasteiger partial charge in [0.05, 0.1) is 0 Å². The van der Waals surface area contributed by atoms with Crippen LogP contribution in [0.2, 0.25) is 0 Å². The topological polar surface area (TPSA) is 9.23 Å². The SMILES string of the molecule is COP(=S)(Cl)SC1CCCCC1. The van der Waals surface area contributed by atoms with Gasteiger partial charge in [0.25, 0.3) is 0 Å². The molecular formula is C7H14ClOPS2. The predicted octanol–water partition coefficient (Wildman–Crippen LogP) is 4.16. The van der Waals surface area contributed by atoms with Gasteiger partial charge in [-0.1, -0.05) is 30.6 Å². The van der Waals surface area contributed by atoms with Gasteiger partial charge in [-0.2, -0.15) is 0 Å². The van der Waals surface area contributed by atoms with Crippen LogP contribution in [0.5, 0.6) is 0 Å². The smallest absolute Gasteiger partial charge is 0.207 e. The van der Waals surface area contributed by atoms with Gasteiger partial charge in [-0.15, -0.1) is 0 Å². The molecule has 1 fully saturated rings. The maximum absolute atomic E-state index is 6.02. The van der Waals surface area contributed by atoms with Gasteiger partial charge in [-0.3, -0.25) is 0 Å². The van der Waals surface area contributed by atoms with Gasteiger partial charge >= 0.3 is 0 Å². The lowest BCUT2D eigenvalue weighted by Crippen LogP contribution is -2.06. The monoisotopic (exact) mass is 244 g/mol. The molecular weight excluding hydrogens is 231 g/mol. The molecule has 72 valence electrons. The first-order valence-corrected chi connectivity index (χ1v) is 9.29. The fourth-order valence-corrected chi connectivity index (χ4v) is 6.45. The number of hydrogen-bond acceptors (Lipinski definition) is 3. The molecule has 12 heavy (non-hydrogen) atoms. The first kappa shape index (κ1) is 11.3. The second-order valence-corrected chi connectivity index (χ2v) is 12.1. The van der Waals surface area contributed by atoms with E-state index in [4.69, 9.17) is 27.6 Å². The standard InChI is InChI=1S/C7H14ClOPS2/c1-9-10(8,11)12-7-5-3-2-4-6-7/h7H,2-6H2,1H3. The summed E-state index contributed by atoms with van der Waals surface area (Å²) in [4.78, 5) is -2.02. The summed E-state index contributed by atoms with van der Waals surface area (Å²) in [5.41, 5.74) is 0. The van der Waals surface area contributed by atoms with Crippen molar-refractivity contribution >= 4 is 39.2 Å². The molecule has 1 atom stereocenters. The van der Waals surface area contributed by atoms with Crippen LogP contribution in [0.4, 0.5) is 0 Å². The molecule has 5 heteroatoms. The lowest BCUT2D eigenvalue weighted by atomic mass is 10.0. The molecule has 0 aromatic heterocycles. The summed E-state index contributed by atoms with van der Waals surface area (Å²) in [7, 11) is 1.61. The van der Waals surface area contributed by atoms with Gasteiger partial charge in [-0.05, 0) is 35.9 Å². The Morgan fingerprint density at radius 2 is 2.00 bits per heavy atom. The minimum absolute atomic E-state index is 0.655. The summed E-state index contributed by atoms with van der Waals surface area (Å²) in [5.74, 6) is 0. The highest BCUT2D eigenvalue weighted by molar-refractivity contribution is 8.76. The van der Waals surface area contributed by atoms with E-state index < -0.39 is 4.82 Å². The molecule has 1 rings (SSSR count). The van der Waals surface area contributed by atoms with Crippen molar-refractivity contribution in [2.45, 2.75) is 37.4 Å². The Morgan fingerprint density at radius 1 is 1.42 bits per heavy atom. The van der Waals surface area contributed by atoms with Crippen molar-refractivity contribution in [1.82, 2.24) is 0 Å². The molecule has 1 saturated carbocycles. The van der Waals surface area contributed by atoms with Crippen LogP contribution in [-0.4, -0.2) is 12.4 Å². The molecule has 0 aliphatic heterocycles. The number of hydrogen-bond donors (Lipinski definition) is 0. The molecule has 1 aliphatic rings. The molecule has 0 N–H and O–H groups in total. The zero-order valence-electron chi connectivity index (χ0n) is 7.16. The van der Waals surface area contributed by atoms with Crippen LogP contribution in [0.1, 0.15) is 32.1 Å². The fourth-order valence-electron chi connectivity index (χ4n) is 1.39. The van der Waals surface area contributed by atoms with E-state index in [0.29, 0.717) is 5.25 Å². The van der Waals surface area contributed by atoms with Crippen molar-refractivity contribution in [2.24, 2.45) is 0 Å². The predicted molar refractivity (Wildman–Crippen MR) is 61.6 cm³/mol. The van der Waals surface area contributed by atoms with Crippen LogP contribution in [0.3, 0.4) is 0 Å². The summed E-state index contributed by atoms with van der Waals surface area (Å²) in [6, 6.07) is 0. The summed E-state index contributed by atoms with van der Waals surface area (Å²) in [6.45, 7) is 0. The van der Waals surface area contributed by atoms with E-state index in [1.807, 2.05) is 0 Å². The maximum Gasteiger partial charge on any atom is 0.207 e. The summed E-state index contributed by atoms with van der Waals surface area (Å²) < 4.78 is 5.09. The van der Waals surface area contributed by atoms with Gasteiger partial charge in [0.15, 0.2) is 0 Å².